The van der Waals surface area contributed by atoms with E-state index in [9.17, 15) is 19.1 Å². The van der Waals surface area contributed by atoms with E-state index in [4.69, 9.17) is 9.31 Å². The van der Waals surface area contributed by atoms with E-state index in [1.54, 1.807) is 6.08 Å². The molecule has 1 aromatic carbocycles. The Kier molecular flexibility index (Phi) is 6.00. The van der Waals surface area contributed by atoms with Gasteiger partial charge in [-0.05, 0) is 50.9 Å². The van der Waals surface area contributed by atoms with Gasteiger partial charge in [0.25, 0.3) is 0 Å². The Bertz CT molecular complexity index is 744. The number of benzene rings is 1. The van der Waals surface area contributed by atoms with Gasteiger partial charge in [-0.15, -0.1) is 0 Å². The average Bonchev–Trinajstić information content (AvgIpc) is 2.74. The van der Waals surface area contributed by atoms with Crippen LogP contribution in [0, 0.1) is 5.82 Å². The van der Waals surface area contributed by atoms with Crippen LogP contribution >= 0.6 is 11.8 Å². The van der Waals surface area contributed by atoms with Crippen LogP contribution in [0.3, 0.4) is 0 Å². The molecule has 0 bridgehead atoms. The highest BCUT2D eigenvalue weighted by molar-refractivity contribution is 8.13. The number of carbonyl (C=O) groups excluding carboxylic acids is 2. The molecule has 0 unspecified atom stereocenters. The van der Waals surface area contributed by atoms with Crippen molar-refractivity contribution in [1.82, 2.24) is 0 Å². The van der Waals surface area contributed by atoms with Crippen LogP contribution in [0.25, 0.3) is 6.08 Å². The van der Waals surface area contributed by atoms with Gasteiger partial charge < -0.3 is 14.4 Å². The summed E-state index contributed by atoms with van der Waals surface area (Å²) in [6.45, 7) is 9.10. The highest BCUT2D eigenvalue weighted by Crippen LogP contribution is 2.39. The molecule has 1 saturated heterocycles. The number of carbonyl (C=O) groups is 2. The van der Waals surface area contributed by atoms with E-state index in [0.29, 0.717) is 23.1 Å². The summed E-state index contributed by atoms with van der Waals surface area (Å²) < 4.78 is 25.9. The van der Waals surface area contributed by atoms with Crippen LogP contribution in [0.1, 0.15) is 50.5 Å². The maximum atomic E-state index is 13.9. The zero-order valence-electron chi connectivity index (χ0n) is 15.5. The van der Waals surface area contributed by atoms with Crippen molar-refractivity contribution in [3.05, 3.63) is 34.5 Å². The summed E-state index contributed by atoms with van der Waals surface area (Å²) in [4.78, 5) is 22.4. The third kappa shape index (κ3) is 4.36. The minimum atomic E-state index is -0.895. The molecule has 1 aliphatic rings. The topological polar surface area (TPSA) is 72.8 Å². The number of phenolic OH excluding ortho intramolecular Hbond substituents is 1. The molecule has 8 heteroatoms. The van der Waals surface area contributed by atoms with Crippen LogP contribution < -0.4 is 0 Å². The second kappa shape index (κ2) is 7.54. The molecule has 0 aromatic heterocycles. The fourth-order valence-corrected chi connectivity index (χ4v) is 2.98. The predicted octanol–water partition coefficient (Wildman–Crippen LogP) is 3.64. The Morgan fingerprint density at radius 3 is 2.35 bits per heavy atom. The Labute approximate surface area is 157 Å². The lowest BCUT2D eigenvalue weighted by molar-refractivity contribution is -0.109. The van der Waals surface area contributed by atoms with Gasteiger partial charge in [-0.1, -0.05) is 17.8 Å². The number of hydrogen-bond acceptors (Lipinski definition) is 6. The Balaban J connectivity index is 2.42. The maximum Gasteiger partial charge on any atom is 0.491 e. The zero-order chi connectivity index (χ0) is 19.7. The molecule has 26 heavy (non-hydrogen) atoms. The number of hydrogen-bond donors (Lipinski definition) is 1. The second-order valence-electron chi connectivity index (χ2n) is 7.15. The van der Waals surface area contributed by atoms with Crippen LogP contribution in [0.5, 0.6) is 5.75 Å². The van der Waals surface area contributed by atoms with Crippen molar-refractivity contribution in [2.75, 3.05) is 5.75 Å². The summed E-state index contributed by atoms with van der Waals surface area (Å²) >= 11 is 1.08. The van der Waals surface area contributed by atoms with Crippen molar-refractivity contribution >= 4 is 36.4 Å². The molecule has 0 spiro atoms. The fraction of sp³-hybridized carbons (Fsp3) is 0.444. The molecular formula is C18H22BFO5S. The van der Waals surface area contributed by atoms with Crippen LogP contribution in [0.2, 0.25) is 0 Å². The first-order chi connectivity index (χ1) is 12.0. The summed E-state index contributed by atoms with van der Waals surface area (Å²) in [7, 11) is -0.705. The molecule has 0 amide bonds. The van der Waals surface area contributed by atoms with E-state index in [-0.39, 0.29) is 10.7 Å². The lowest BCUT2D eigenvalue weighted by Crippen LogP contribution is -2.41. The van der Waals surface area contributed by atoms with Crippen LogP contribution in [0.15, 0.2) is 17.6 Å². The summed E-state index contributed by atoms with van der Waals surface area (Å²) in [5, 5.41) is 9.48. The van der Waals surface area contributed by atoms with Gasteiger partial charge in [0, 0.05) is 12.7 Å². The smallest absolute Gasteiger partial charge is 0.491 e. The van der Waals surface area contributed by atoms with E-state index in [1.165, 1.54) is 13.0 Å². The van der Waals surface area contributed by atoms with Gasteiger partial charge in [0.15, 0.2) is 23.0 Å². The Morgan fingerprint density at radius 2 is 1.85 bits per heavy atom. The predicted molar refractivity (Wildman–Crippen MR) is 101 cm³/mol. The highest BCUT2D eigenvalue weighted by Gasteiger charge is 2.52. The molecule has 2 rings (SSSR count). The van der Waals surface area contributed by atoms with Gasteiger partial charge in [0.2, 0.25) is 0 Å². The maximum absolute atomic E-state index is 13.9. The lowest BCUT2D eigenvalue weighted by Gasteiger charge is -2.32. The van der Waals surface area contributed by atoms with E-state index >= 15 is 0 Å². The second-order valence-corrected chi connectivity index (χ2v) is 8.30. The van der Waals surface area contributed by atoms with E-state index in [2.05, 4.69) is 0 Å². The summed E-state index contributed by atoms with van der Waals surface area (Å²) in [6.07, 6.45) is 2.00. The first-order valence-corrected chi connectivity index (χ1v) is 9.12. The number of aromatic hydroxyl groups is 1. The number of phenols is 1. The fourth-order valence-electron chi connectivity index (χ4n) is 2.39. The molecule has 5 nitrogen and oxygen atoms in total. The van der Waals surface area contributed by atoms with Crippen molar-refractivity contribution in [2.24, 2.45) is 0 Å². The molecule has 0 saturated carbocycles. The number of thioether (sulfide) groups is 1. The van der Waals surface area contributed by atoms with Crippen molar-refractivity contribution in [3.63, 3.8) is 0 Å². The van der Waals surface area contributed by atoms with Crippen molar-refractivity contribution in [1.29, 1.82) is 0 Å². The molecule has 1 aliphatic heterocycles. The quantitative estimate of drug-likeness (QED) is 0.621. The summed E-state index contributed by atoms with van der Waals surface area (Å²) in [6, 6.07) is 2.49. The number of aldehydes is 1. The van der Waals surface area contributed by atoms with E-state index < -0.39 is 29.9 Å². The van der Waals surface area contributed by atoms with Crippen LogP contribution in [-0.4, -0.2) is 40.6 Å². The summed E-state index contributed by atoms with van der Waals surface area (Å²) in [5.41, 5.74) is -0.275. The Hall–Kier alpha value is -1.64. The monoisotopic (exact) mass is 380 g/mol. The minimum absolute atomic E-state index is 0.0714. The molecule has 1 fully saturated rings. The first-order valence-electron chi connectivity index (χ1n) is 8.14. The molecule has 1 heterocycles. The van der Waals surface area contributed by atoms with E-state index in [0.717, 1.165) is 17.8 Å². The van der Waals surface area contributed by atoms with Crippen molar-refractivity contribution in [3.8, 4) is 5.75 Å². The molecule has 0 atom stereocenters. The molecule has 0 aliphatic carbocycles. The minimum Gasteiger partial charge on any atom is -0.504 e. The van der Waals surface area contributed by atoms with Crippen LogP contribution in [-0.2, 0) is 14.1 Å². The van der Waals surface area contributed by atoms with Gasteiger partial charge in [-0.3, -0.25) is 9.59 Å². The molecule has 1 aromatic rings. The standard InChI is InChI=1S/C18H22BFO5S/c1-11(22)26-10-14(19-24-17(2,3)18(4,5)25-19)7-12-6-13(9-21)16(23)15(20)8-12/h6-9,23H,10H2,1-5H3. The van der Waals surface area contributed by atoms with Gasteiger partial charge in [0.1, 0.15) is 0 Å². The SMILES string of the molecule is CC(=O)SCC(=Cc1cc(F)c(O)c(C=O)c1)B1OC(C)(C)C(C)(C)O1. The lowest BCUT2D eigenvalue weighted by atomic mass is 9.78. The van der Waals surface area contributed by atoms with Gasteiger partial charge in [0.05, 0.1) is 16.8 Å². The Morgan fingerprint density at radius 1 is 1.27 bits per heavy atom. The third-order valence-corrected chi connectivity index (χ3v) is 5.48. The molecule has 1 N–H and O–H groups in total. The third-order valence-electron chi connectivity index (χ3n) is 4.59. The molecular weight excluding hydrogens is 358 g/mol. The van der Waals surface area contributed by atoms with Crippen molar-refractivity contribution in [2.45, 2.75) is 45.8 Å². The number of halogens is 1. The molecule has 0 radical (unpaired) electrons. The summed E-state index contributed by atoms with van der Waals surface area (Å²) in [5.74, 6) is -1.29. The average molecular weight is 380 g/mol. The van der Waals surface area contributed by atoms with Crippen molar-refractivity contribution < 1.29 is 28.4 Å². The van der Waals surface area contributed by atoms with Crippen LogP contribution in [0.4, 0.5) is 4.39 Å². The number of rotatable bonds is 5. The van der Waals surface area contributed by atoms with Gasteiger partial charge in [-0.25, -0.2) is 4.39 Å². The highest BCUT2D eigenvalue weighted by atomic mass is 32.2. The van der Waals surface area contributed by atoms with Gasteiger partial charge >= 0.3 is 7.12 Å². The van der Waals surface area contributed by atoms with E-state index in [1.807, 2.05) is 27.7 Å². The molecule has 140 valence electrons. The normalized spacial score (nSPS) is 18.8. The largest absolute Gasteiger partial charge is 0.504 e. The van der Waals surface area contributed by atoms with Gasteiger partial charge in [-0.2, -0.15) is 0 Å². The zero-order valence-corrected chi connectivity index (χ0v) is 16.3. The first kappa shape index (κ1) is 20.7.